The smallest absolute Gasteiger partial charge is 0.155 e. The van der Waals surface area contributed by atoms with Gasteiger partial charge in [-0.3, -0.25) is 0 Å². The van der Waals surface area contributed by atoms with Crippen LogP contribution in [0.1, 0.15) is 78.7 Å². The topological polar surface area (TPSA) is 37.4 Å². The Balaban J connectivity index is 1.65. The SMILES string of the molecule is C[C@@H]1C[C@H](C)CN(c2ccc(CCCCCCCS(=O)(=O)C(C)(C)C)cc2)C1. The van der Waals surface area contributed by atoms with Crippen molar-refractivity contribution in [3.05, 3.63) is 29.8 Å². The van der Waals surface area contributed by atoms with Gasteiger partial charge in [0.15, 0.2) is 9.84 Å². The number of sulfone groups is 1. The Morgan fingerprint density at radius 3 is 2.00 bits per heavy atom. The van der Waals surface area contributed by atoms with E-state index in [2.05, 4.69) is 43.0 Å². The predicted octanol–water partition coefficient (Wildman–Crippen LogP) is 5.88. The van der Waals surface area contributed by atoms with Gasteiger partial charge >= 0.3 is 0 Å². The van der Waals surface area contributed by atoms with Crippen molar-refractivity contribution in [2.45, 2.75) is 84.3 Å². The number of hydrogen-bond acceptors (Lipinski definition) is 3. The van der Waals surface area contributed by atoms with E-state index in [9.17, 15) is 8.42 Å². The minimum Gasteiger partial charge on any atom is -0.371 e. The van der Waals surface area contributed by atoms with Gasteiger partial charge in [-0.25, -0.2) is 8.42 Å². The van der Waals surface area contributed by atoms with Crippen molar-refractivity contribution in [2.24, 2.45) is 11.8 Å². The number of unbranched alkanes of at least 4 members (excludes halogenated alkanes) is 4. The number of rotatable bonds is 9. The summed E-state index contributed by atoms with van der Waals surface area (Å²) in [7, 11) is -2.96. The van der Waals surface area contributed by atoms with E-state index < -0.39 is 14.6 Å². The quantitative estimate of drug-likeness (QED) is 0.480. The second kappa shape index (κ2) is 10.1. The lowest BCUT2D eigenvalue weighted by Gasteiger charge is -2.36. The fraction of sp³-hybridized carbons (Fsp3) is 0.750. The normalized spacial score (nSPS) is 21.1. The summed E-state index contributed by atoms with van der Waals surface area (Å²) >= 11 is 0. The summed E-state index contributed by atoms with van der Waals surface area (Å²) < 4.78 is 23.6. The van der Waals surface area contributed by atoms with Gasteiger partial charge in [0, 0.05) is 18.8 Å². The van der Waals surface area contributed by atoms with E-state index in [-0.39, 0.29) is 0 Å². The molecule has 160 valence electrons. The van der Waals surface area contributed by atoms with E-state index in [1.165, 1.54) is 43.6 Å². The molecule has 0 bridgehead atoms. The van der Waals surface area contributed by atoms with Gasteiger partial charge in [-0.15, -0.1) is 0 Å². The van der Waals surface area contributed by atoms with E-state index in [1.807, 2.05) is 0 Å². The number of hydrogen-bond donors (Lipinski definition) is 0. The third kappa shape index (κ3) is 7.09. The summed E-state index contributed by atoms with van der Waals surface area (Å²) in [6.45, 7) is 12.4. The minimum atomic E-state index is -2.96. The van der Waals surface area contributed by atoms with Gasteiger partial charge in [-0.1, -0.05) is 45.2 Å². The second-order valence-corrected chi connectivity index (χ2v) is 12.8. The van der Waals surface area contributed by atoms with Crippen LogP contribution in [0.25, 0.3) is 0 Å². The van der Waals surface area contributed by atoms with Gasteiger partial charge in [0.2, 0.25) is 0 Å². The van der Waals surface area contributed by atoms with Crippen LogP contribution in [0.4, 0.5) is 5.69 Å². The first-order valence-electron chi connectivity index (χ1n) is 11.1. The molecule has 0 saturated carbocycles. The van der Waals surface area contributed by atoms with Crippen LogP contribution in [0.2, 0.25) is 0 Å². The molecule has 2 atom stereocenters. The van der Waals surface area contributed by atoms with Gasteiger partial charge in [-0.05, 0) is 76.0 Å². The molecule has 1 fully saturated rings. The lowest BCUT2D eigenvalue weighted by atomic mass is 9.91. The van der Waals surface area contributed by atoms with Crippen LogP contribution in [0.3, 0.4) is 0 Å². The molecule has 1 aromatic carbocycles. The Kier molecular flexibility index (Phi) is 8.42. The summed E-state index contributed by atoms with van der Waals surface area (Å²) in [5.41, 5.74) is 2.78. The predicted molar refractivity (Wildman–Crippen MR) is 122 cm³/mol. The van der Waals surface area contributed by atoms with E-state index in [0.29, 0.717) is 5.75 Å². The first kappa shape index (κ1) is 23.3. The van der Waals surface area contributed by atoms with Gasteiger partial charge in [-0.2, -0.15) is 0 Å². The molecule has 3 nitrogen and oxygen atoms in total. The molecule has 1 saturated heterocycles. The molecule has 1 aliphatic heterocycles. The molecule has 0 N–H and O–H groups in total. The Labute approximate surface area is 173 Å². The summed E-state index contributed by atoms with van der Waals surface area (Å²) in [4.78, 5) is 2.54. The van der Waals surface area contributed by atoms with Crippen LogP contribution >= 0.6 is 0 Å². The molecule has 0 radical (unpaired) electrons. The monoisotopic (exact) mass is 407 g/mol. The van der Waals surface area contributed by atoms with E-state index in [1.54, 1.807) is 20.8 Å². The first-order valence-corrected chi connectivity index (χ1v) is 12.8. The molecule has 1 heterocycles. The van der Waals surface area contributed by atoms with Crippen LogP contribution < -0.4 is 4.90 Å². The molecule has 0 spiro atoms. The Morgan fingerprint density at radius 1 is 0.893 bits per heavy atom. The molecule has 0 aromatic heterocycles. The molecule has 0 unspecified atom stereocenters. The van der Waals surface area contributed by atoms with E-state index in [0.717, 1.165) is 37.5 Å². The van der Waals surface area contributed by atoms with Crippen molar-refractivity contribution in [1.82, 2.24) is 0 Å². The second-order valence-electron chi connectivity index (χ2n) is 9.97. The van der Waals surface area contributed by atoms with Crippen LogP contribution in [0, 0.1) is 11.8 Å². The summed E-state index contributed by atoms with van der Waals surface area (Å²) in [6, 6.07) is 9.15. The molecule has 2 rings (SSSR count). The number of benzene rings is 1. The number of anilines is 1. The largest absolute Gasteiger partial charge is 0.371 e. The summed E-state index contributed by atoms with van der Waals surface area (Å²) in [6.07, 6.45) is 7.76. The fourth-order valence-electron chi connectivity index (χ4n) is 4.20. The molecule has 1 aliphatic rings. The van der Waals surface area contributed by atoms with Crippen LogP contribution in [-0.2, 0) is 16.3 Å². The molecule has 4 heteroatoms. The highest BCUT2D eigenvalue weighted by Gasteiger charge is 2.27. The molecule has 1 aromatic rings. The minimum absolute atomic E-state index is 0.325. The van der Waals surface area contributed by atoms with Gasteiger partial charge in [0.05, 0.1) is 10.5 Å². The highest BCUT2D eigenvalue weighted by molar-refractivity contribution is 7.92. The highest BCUT2D eigenvalue weighted by atomic mass is 32.2. The maximum Gasteiger partial charge on any atom is 0.155 e. The molecule has 0 amide bonds. The zero-order chi connectivity index (χ0) is 20.8. The first-order chi connectivity index (χ1) is 13.1. The van der Waals surface area contributed by atoms with Crippen molar-refractivity contribution in [1.29, 1.82) is 0 Å². The van der Waals surface area contributed by atoms with Crippen molar-refractivity contribution in [3.8, 4) is 0 Å². The van der Waals surface area contributed by atoms with Crippen LogP contribution in [0.15, 0.2) is 24.3 Å². The van der Waals surface area contributed by atoms with E-state index >= 15 is 0 Å². The van der Waals surface area contributed by atoms with Crippen molar-refractivity contribution in [2.75, 3.05) is 23.7 Å². The number of aryl methyl sites for hydroxylation is 1. The third-order valence-electron chi connectivity index (χ3n) is 5.98. The zero-order valence-corrected chi connectivity index (χ0v) is 19.5. The lowest BCUT2D eigenvalue weighted by molar-refractivity contribution is 0.357. The Hall–Kier alpha value is -1.03. The average molecular weight is 408 g/mol. The zero-order valence-electron chi connectivity index (χ0n) is 18.7. The summed E-state index contributed by atoms with van der Waals surface area (Å²) in [5, 5.41) is 0. The van der Waals surface area contributed by atoms with Crippen LogP contribution in [-0.4, -0.2) is 32.0 Å². The highest BCUT2D eigenvalue weighted by Crippen LogP contribution is 2.26. The maximum atomic E-state index is 12.1. The Morgan fingerprint density at radius 2 is 1.43 bits per heavy atom. The van der Waals surface area contributed by atoms with Gasteiger partial charge in [0.1, 0.15) is 0 Å². The molecule has 0 aliphatic carbocycles. The fourth-order valence-corrected chi connectivity index (χ4v) is 5.40. The van der Waals surface area contributed by atoms with Crippen molar-refractivity contribution < 1.29 is 8.42 Å². The van der Waals surface area contributed by atoms with Gasteiger partial charge < -0.3 is 4.90 Å². The van der Waals surface area contributed by atoms with Crippen molar-refractivity contribution in [3.63, 3.8) is 0 Å². The summed E-state index contributed by atoms with van der Waals surface area (Å²) in [5.74, 6) is 1.88. The number of nitrogens with zero attached hydrogens (tertiary/aromatic N) is 1. The lowest BCUT2D eigenvalue weighted by Crippen LogP contribution is -2.38. The van der Waals surface area contributed by atoms with E-state index in [4.69, 9.17) is 0 Å². The number of piperidine rings is 1. The average Bonchev–Trinajstić information content (AvgIpc) is 2.59. The van der Waals surface area contributed by atoms with Gasteiger partial charge in [0.25, 0.3) is 0 Å². The molecule has 28 heavy (non-hydrogen) atoms. The molecular weight excluding hydrogens is 366 g/mol. The van der Waals surface area contributed by atoms with Crippen molar-refractivity contribution >= 4 is 15.5 Å². The maximum absolute atomic E-state index is 12.1. The van der Waals surface area contributed by atoms with Crippen LogP contribution in [0.5, 0.6) is 0 Å². The Bertz CT molecular complexity index is 678. The third-order valence-corrected chi connectivity index (χ3v) is 8.67. The standard InChI is InChI=1S/C24H41NO2S/c1-20-17-21(2)19-25(18-20)23-14-12-22(13-15-23)11-9-7-6-8-10-16-28(26,27)24(3,4)5/h12-15,20-21H,6-11,16-19H2,1-5H3/t20-,21+. The molecular formula is C24H41NO2S.